The van der Waals surface area contributed by atoms with Gasteiger partial charge < -0.3 is 9.79 Å². The van der Waals surface area contributed by atoms with E-state index < -0.39 is 26.3 Å². The Morgan fingerprint density at radius 1 is 1.31 bits per heavy atom. The first kappa shape index (κ1) is 12.8. The number of halogens is 4. The lowest BCUT2D eigenvalue weighted by Gasteiger charge is -2.22. The molecule has 0 aliphatic heterocycles. The Bertz CT molecular complexity index is 219. The molecule has 0 heterocycles. The van der Waals surface area contributed by atoms with Crippen molar-refractivity contribution >= 4 is 7.82 Å². The van der Waals surface area contributed by atoms with Crippen molar-refractivity contribution in [1.82, 2.24) is 0 Å². The van der Waals surface area contributed by atoms with Crippen molar-refractivity contribution in [3.63, 3.8) is 0 Å². The Hall–Kier alpha value is -0.170. The Labute approximate surface area is 70.7 Å². The zero-order valence-electron chi connectivity index (χ0n) is 6.38. The molecule has 2 N–H and O–H groups in total. The first-order chi connectivity index (χ1) is 5.46. The third-order valence-electron chi connectivity index (χ3n) is 1.06. The highest BCUT2D eigenvalue weighted by molar-refractivity contribution is 7.46. The second-order valence-electron chi connectivity index (χ2n) is 2.36. The van der Waals surface area contributed by atoms with Crippen LogP contribution in [0.1, 0.15) is 6.92 Å². The van der Waals surface area contributed by atoms with Gasteiger partial charge in [0.15, 0.2) is 0 Å². The number of phosphoric ester groups is 1. The molecule has 4 nitrogen and oxygen atoms in total. The van der Waals surface area contributed by atoms with Gasteiger partial charge in [0.25, 0.3) is 0 Å². The molecule has 0 amide bonds. The lowest BCUT2D eigenvalue weighted by Crippen LogP contribution is -2.41. The first-order valence-electron chi connectivity index (χ1n) is 2.91. The molecule has 0 fully saturated rings. The SMILES string of the molecule is CC(F)(F)C(F)(F)COP(=O)(O)O. The summed E-state index contributed by atoms with van der Waals surface area (Å²) in [7, 11) is -5.15. The van der Waals surface area contributed by atoms with Crippen molar-refractivity contribution in [3.8, 4) is 0 Å². The lowest BCUT2D eigenvalue weighted by molar-refractivity contribution is -0.212. The summed E-state index contributed by atoms with van der Waals surface area (Å²) in [4.78, 5) is 15.9. The van der Waals surface area contributed by atoms with Crippen LogP contribution in [-0.2, 0) is 9.09 Å². The van der Waals surface area contributed by atoms with Crippen LogP contribution in [0.5, 0.6) is 0 Å². The Kier molecular flexibility index (Phi) is 3.48. The zero-order chi connectivity index (χ0) is 10.9. The number of hydrogen-bond donors (Lipinski definition) is 2. The predicted octanol–water partition coefficient (Wildman–Crippen LogP) is 1.39. The lowest BCUT2D eigenvalue weighted by atomic mass is 10.2. The molecule has 0 aromatic heterocycles. The minimum Gasteiger partial charge on any atom is -0.303 e. The van der Waals surface area contributed by atoms with Gasteiger partial charge >= 0.3 is 19.7 Å². The van der Waals surface area contributed by atoms with E-state index in [1.807, 2.05) is 0 Å². The molecule has 0 saturated heterocycles. The van der Waals surface area contributed by atoms with Crippen molar-refractivity contribution in [2.24, 2.45) is 0 Å². The molecule has 0 aliphatic carbocycles. The monoisotopic (exact) mass is 226 g/mol. The van der Waals surface area contributed by atoms with Gasteiger partial charge in [-0.2, -0.15) is 8.78 Å². The maximum absolute atomic E-state index is 12.2. The molecule has 0 saturated carbocycles. The van der Waals surface area contributed by atoms with E-state index in [0.717, 1.165) is 0 Å². The standard InChI is InChI=1S/C4H7F4O4P/c1-3(5,6)4(7,8)2-12-13(9,10)11/h2H2,1H3,(H2,9,10,11). The average molecular weight is 226 g/mol. The van der Waals surface area contributed by atoms with Crippen molar-refractivity contribution in [2.75, 3.05) is 6.61 Å². The van der Waals surface area contributed by atoms with Gasteiger partial charge in [-0.05, 0) is 0 Å². The summed E-state index contributed by atoms with van der Waals surface area (Å²) < 4.78 is 61.6. The topological polar surface area (TPSA) is 66.8 Å². The van der Waals surface area contributed by atoms with Crippen LogP contribution in [0.3, 0.4) is 0 Å². The van der Waals surface area contributed by atoms with Crippen LogP contribution in [0.2, 0.25) is 0 Å². The largest absolute Gasteiger partial charge is 0.469 e. The van der Waals surface area contributed by atoms with Crippen molar-refractivity contribution in [1.29, 1.82) is 0 Å². The minimum atomic E-state index is -5.15. The summed E-state index contributed by atoms with van der Waals surface area (Å²) in [5.74, 6) is -8.99. The first-order valence-corrected chi connectivity index (χ1v) is 4.44. The average Bonchev–Trinajstić information content (AvgIpc) is 1.79. The number of phosphoric acid groups is 1. The fourth-order valence-corrected chi connectivity index (χ4v) is 0.622. The molecule has 0 rings (SSSR count). The van der Waals surface area contributed by atoms with E-state index in [0.29, 0.717) is 0 Å². The summed E-state index contributed by atoms with van der Waals surface area (Å²) in [6.45, 7) is -2.10. The van der Waals surface area contributed by atoms with Crippen molar-refractivity contribution < 1.29 is 36.4 Å². The van der Waals surface area contributed by atoms with Gasteiger partial charge in [0.2, 0.25) is 0 Å². The minimum absolute atomic E-state index is 0.0734. The van der Waals surface area contributed by atoms with Gasteiger partial charge in [-0.1, -0.05) is 0 Å². The highest BCUT2D eigenvalue weighted by atomic mass is 31.2. The highest BCUT2D eigenvalue weighted by Gasteiger charge is 2.53. The van der Waals surface area contributed by atoms with Crippen molar-refractivity contribution in [2.45, 2.75) is 18.8 Å². The van der Waals surface area contributed by atoms with Gasteiger partial charge in [0.1, 0.15) is 6.61 Å². The third-order valence-corrected chi connectivity index (χ3v) is 1.52. The maximum Gasteiger partial charge on any atom is 0.469 e. The molecule has 0 aromatic rings. The summed E-state index contributed by atoms with van der Waals surface area (Å²) in [6.07, 6.45) is 0. The molecule has 0 atom stereocenters. The molecule has 0 spiro atoms. The van der Waals surface area contributed by atoms with Crippen molar-refractivity contribution in [3.05, 3.63) is 0 Å². The van der Waals surface area contributed by atoms with Crippen LogP contribution in [0.15, 0.2) is 0 Å². The van der Waals surface area contributed by atoms with E-state index in [1.54, 1.807) is 0 Å². The van der Waals surface area contributed by atoms with E-state index in [-0.39, 0.29) is 6.92 Å². The molecule has 0 aromatic carbocycles. The fraction of sp³-hybridized carbons (Fsp3) is 1.00. The van der Waals surface area contributed by atoms with E-state index in [1.165, 1.54) is 0 Å². The van der Waals surface area contributed by atoms with Gasteiger partial charge in [-0.25, -0.2) is 13.3 Å². The normalized spacial score (nSPS) is 14.7. The second-order valence-corrected chi connectivity index (χ2v) is 3.60. The molecule has 80 valence electrons. The second kappa shape index (κ2) is 3.53. The molecule has 0 radical (unpaired) electrons. The van der Waals surface area contributed by atoms with Crippen LogP contribution in [0, 0.1) is 0 Å². The third kappa shape index (κ3) is 4.56. The van der Waals surface area contributed by atoms with E-state index >= 15 is 0 Å². The van der Waals surface area contributed by atoms with Gasteiger partial charge in [-0.15, -0.1) is 0 Å². The predicted molar refractivity (Wildman–Crippen MR) is 33.6 cm³/mol. The quantitative estimate of drug-likeness (QED) is 0.561. The Morgan fingerprint density at radius 2 is 1.69 bits per heavy atom. The summed E-state index contributed by atoms with van der Waals surface area (Å²) in [5, 5.41) is 0. The molecular weight excluding hydrogens is 219 g/mol. The molecule has 0 unspecified atom stereocenters. The molecular formula is C4H7F4O4P. The van der Waals surface area contributed by atoms with E-state index in [9.17, 15) is 22.1 Å². The van der Waals surface area contributed by atoms with Crippen LogP contribution in [-0.4, -0.2) is 28.2 Å². The summed E-state index contributed by atoms with van der Waals surface area (Å²) in [6, 6.07) is 0. The fourth-order valence-electron chi connectivity index (χ4n) is 0.292. The van der Waals surface area contributed by atoms with E-state index in [2.05, 4.69) is 4.52 Å². The Balaban J connectivity index is 4.29. The van der Waals surface area contributed by atoms with Gasteiger partial charge in [0.05, 0.1) is 0 Å². The molecule has 13 heavy (non-hydrogen) atoms. The van der Waals surface area contributed by atoms with Crippen LogP contribution in [0.4, 0.5) is 17.6 Å². The number of rotatable bonds is 4. The number of alkyl halides is 4. The molecule has 0 aliphatic rings. The number of hydrogen-bond acceptors (Lipinski definition) is 2. The Morgan fingerprint density at radius 3 is 1.92 bits per heavy atom. The van der Waals surface area contributed by atoms with Gasteiger partial charge in [-0.3, -0.25) is 4.52 Å². The maximum atomic E-state index is 12.2. The highest BCUT2D eigenvalue weighted by Crippen LogP contribution is 2.41. The summed E-state index contributed by atoms with van der Waals surface area (Å²) in [5.41, 5.74) is 0. The van der Waals surface area contributed by atoms with Gasteiger partial charge in [0, 0.05) is 6.92 Å². The van der Waals surface area contributed by atoms with E-state index in [4.69, 9.17) is 9.79 Å². The smallest absolute Gasteiger partial charge is 0.303 e. The van der Waals surface area contributed by atoms with Crippen LogP contribution in [0.25, 0.3) is 0 Å². The summed E-state index contributed by atoms with van der Waals surface area (Å²) >= 11 is 0. The van der Waals surface area contributed by atoms with Crippen LogP contribution >= 0.6 is 7.82 Å². The van der Waals surface area contributed by atoms with Crippen LogP contribution < -0.4 is 0 Å². The zero-order valence-corrected chi connectivity index (χ0v) is 7.27. The molecule has 0 bridgehead atoms. The molecule has 9 heteroatoms.